The van der Waals surface area contributed by atoms with Crippen LogP contribution in [0.25, 0.3) is 5.70 Å². The predicted octanol–water partition coefficient (Wildman–Crippen LogP) is 1.86. The van der Waals surface area contributed by atoms with Gasteiger partial charge in [0.05, 0.1) is 26.9 Å². The molecule has 0 amide bonds. The number of carboxylic acid groups (broad SMARTS) is 1. The monoisotopic (exact) mass is 548 g/mol. The lowest BCUT2D eigenvalue weighted by Gasteiger charge is -2.32. The van der Waals surface area contributed by atoms with Crippen molar-refractivity contribution >= 4 is 59.6 Å². The van der Waals surface area contributed by atoms with Crippen LogP contribution in [-0.4, -0.2) is 43.8 Å². The Hall–Kier alpha value is -1.96. The van der Waals surface area contributed by atoms with Gasteiger partial charge in [-0.3, -0.25) is 9.80 Å². The second-order valence-electron chi connectivity index (χ2n) is 6.44. The number of sulfone groups is 2. The molecule has 0 saturated heterocycles. The summed E-state index contributed by atoms with van der Waals surface area (Å²) in [6.45, 7) is 0. The van der Waals surface area contributed by atoms with Crippen molar-refractivity contribution < 1.29 is 26.7 Å². The number of benzene rings is 2. The van der Waals surface area contributed by atoms with Crippen molar-refractivity contribution in [2.45, 2.75) is 13.7 Å². The zero-order valence-electron chi connectivity index (χ0n) is 15.1. The average molecular weight is 548 g/mol. The van der Waals surface area contributed by atoms with E-state index in [1.54, 1.807) is 46.9 Å². The maximum Gasteiger partial charge on any atom is 0.320 e. The van der Waals surface area contributed by atoms with Crippen LogP contribution in [0.3, 0.4) is 0 Å². The van der Waals surface area contributed by atoms with Crippen LogP contribution in [0.15, 0.2) is 63.9 Å². The van der Waals surface area contributed by atoms with Gasteiger partial charge in [-0.1, -0.05) is 52.9 Å². The topological polar surface area (TPSA) is 135 Å². The fourth-order valence-electron chi connectivity index (χ4n) is 3.17. The van der Waals surface area contributed by atoms with E-state index in [1.807, 2.05) is 0 Å². The fourth-order valence-corrected chi connectivity index (χ4v) is 6.51. The summed E-state index contributed by atoms with van der Waals surface area (Å²) in [6, 6.07) is 12.1. The molecule has 11 heteroatoms. The zero-order chi connectivity index (χ0) is 21.6. The van der Waals surface area contributed by atoms with Crippen LogP contribution in [-0.2, 0) is 24.5 Å². The molecule has 3 rings (SSSR count). The molecule has 0 spiro atoms. The Morgan fingerprint density at radius 3 is 2.38 bits per heavy atom. The molecule has 8 nitrogen and oxygen atoms in total. The smallest absolute Gasteiger partial charge is 0.320 e. The van der Waals surface area contributed by atoms with Crippen molar-refractivity contribution in [3.63, 3.8) is 0 Å². The summed E-state index contributed by atoms with van der Waals surface area (Å²) in [7, 11) is -7.44. The summed E-state index contributed by atoms with van der Waals surface area (Å²) in [5.74, 6) is 4.56. The van der Waals surface area contributed by atoms with Gasteiger partial charge in [0, 0.05) is 11.8 Å². The van der Waals surface area contributed by atoms with E-state index in [9.17, 15) is 26.7 Å². The lowest BCUT2D eigenvalue weighted by atomic mass is 10.0. The normalized spacial score (nSPS) is 16.8. The number of anilines is 1. The van der Waals surface area contributed by atoms with Gasteiger partial charge in [0.15, 0.2) is 19.7 Å². The van der Waals surface area contributed by atoms with E-state index in [0.29, 0.717) is 0 Å². The molecule has 0 saturated carbocycles. The minimum atomic E-state index is -3.78. The number of alkyl halides is 1. The second kappa shape index (κ2) is 7.70. The summed E-state index contributed by atoms with van der Waals surface area (Å²) >= 11 is 1.64. The van der Waals surface area contributed by atoms with Gasteiger partial charge < -0.3 is 5.11 Å². The molecule has 29 heavy (non-hydrogen) atoms. The highest BCUT2D eigenvalue weighted by molar-refractivity contribution is 14.1. The first kappa shape index (κ1) is 21.7. The van der Waals surface area contributed by atoms with Crippen molar-refractivity contribution in [1.82, 2.24) is 0 Å². The Balaban J connectivity index is 2.36. The number of hydrazine groups is 1. The molecule has 3 N–H and O–H groups in total. The number of nitrogens with zero attached hydrogens (tertiary/aromatic N) is 1. The molecule has 0 radical (unpaired) electrons. The first-order valence-electron chi connectivity index (χ1n) is 8.21. The van der Waals surface area contributed by atoms with Crippen molar-refractivity contribution in [1.29, 1.82) is 0 Å². The highest BCUT2D eigenvalue weighted by Crippen LogP contribution is 2.40. The van der Waals surface area contributed by atoms with E-state index in [1.165, 1.54) is 24.3 Å². The number of halogens is 1. The van der Waals surface area contributed by atoms with Crippen LogP contribution in [0.1, 0.15) is 5.56 Å². The third kappa shape index (κ3) is 4.04. The largest absolute Gasteiger partial charge is 0.480 e. The molecule has 2 aromatic carbocycles. The van der Waals surface area contributed by atoms with Crippen molar-refractivity contribution in [3.8, 4) is 0 Å². The number of carbonyl (C=O) groups is 1. The van der Waals surface area contributed by atoms with Crippen molar-refractivity contribution in [2.75, 3.05) is 17.0 Å². The van der Waals surface area contributed by atoms with E-state index in [0.717, 1.165) is 11.3 Å². The minimum Gasteiger partial charge on any atom is -0.480 e. The van der Waals surface area contributed by atoms with Gasteiger partial charge in [0.2, 0.25) is 0 Å². The van der Waals surface area contributed by atoms with Crippen molar-refractivity contribution in [3.05, 3.63) is 59.7 Å². The van der Waals surface area contributed by atoms with Gasteiger partial charge in [-0.25, -0.2) is 22.7 Å². The Morgan fingerprint density at radius 2 is 1.76 bits per heavy atom. The summed E-state index contributed by atoms with van der Waals surface area (Å²) in [6.07, 6.45) is 1.03. The highest BCUT2D eigenvalue weighted by Gasteiger charge is 2.37. The number of para-hydroxylation sites is 1. The lowest BCUT2D eigenvalue weighted by Crippen LogP contribution is -2.37. The number of hydrogen-bond donors (Lipinski definition) is 2. The molecule has 0 fully saturated rings. The summed E-state index contributed by atoms with van der Waals surface area (Å²) in [4.78, 5) is 11.6. The Morgan fingerprint density at radius 1 is 1.17 bits per heavy atom. The standard InChI is InChI=1S/C18H17IN2O6S2/c1-28(24,25)15-9-5-3-7-13(15)21(20)17-11-6-2-4-8-14(11)29(26,27)10-12(17)16(19)18(22)23/h2-9,16H,10,20H2,1H3,(H,22,23). The second-order valence-corrected chi connectivity index (χ2v) is 11.6. The summed E-state index contributed by atoms with van der Waals surface area (Å²) in [5.41, 5.74) is 0.573. The first-order valence-corrected chi connectivity index (χ1v) is 13.0. The van der Waals surface area contributed by atoms with Gasteiger partial charge in [-0.05, 0) is 23.8 Å². The molecule has 1 aliphatic heterocycles. The lowest BCUT2D eigenvalue weighted by molar-refractivity contribution is -0.135. The quantitative estimate of drug-likeness (QED) is 0.250. The van der Waals surface area contributed by atoms with Crippen molar-refractivity contribution in [2.24, 2.45) is 5.84 Å². The van der Waals surface area contributed by atoms with Gasteiger partial charge in [0.25, 0.3) is 0 Å². The Labute approximate surface area is 182 Å². The van der Waals surface area contributed by atoms with Gasteiger partial charge >= 0.3 is 5.97 Å². The molecule has 0 bridgehead atoms. The number of carboxylic acids is 1. The van der Waals surface area contributed by atoms with Crippen LogP contribution < -0.4 is 10.9 Å². The van der Waals surface area contributed by atoms with Crippen LogP contribution >= 0.6 is 22.6 Å². The molecule has 2 aromatic rings. The molecule has 1 heterocycles. The molecule has 0 aliphatic carbocycles. The third-order valence-electron chi connectivity index (χ3n) is 4.41. The molecule has 1 aliphatic rings. The Bertz CT molecular complexity index is 1240. The molecular formula is C18H17IN2O6S2. The minimum absolute atomic E-state index is 0.0139. The highest BCUT2D eigenvalue weighted by atomic mass is 127. The molecule has 1 unspecified atom stereocenters. The van der Waals surface area contributed by atoms with E-state index in [2.05, 4.69) is 0 Å². The van der Waals surface area contributed by atoms with Gasteiger partial charge in [0.1, 0.15) is 3.92 Å². The molecule has 0 aromatic heterocycles. The Kier molecular flexibility index (Phi) is 5.77. The van der Waals surface area contributed by atoms with Crippen LogP contribution in [0.5, 0.6) is 0 Å². The van der Waals surface area contributed by atoms with E-state index in [-0.39, 0.29) is 32.3 Å². The molecule has 154 valence electrons. The predicted molar refractivity (Wildman–Crippen MR) is 117 cm³/mol. The van der Waals surface area contributed by atoms with Gasteiger partial charge in [-0.2, -0.15) is 0 Å². The third-order valence-corrected chi connectivity index (χ3v) is 8.56. The number of nitrogens with two attached hydrogens (primary N) is 1. The fraction of sp³-hybridized carbons (Fsp3) is 0.167. The van der Waals surface area contributed by atoms with Gasteiger partial charge in [-0.15, -0.1) is 0 Å². The van der Waals surface area contributed by atoms with Crippen LogP contribution in [0.2, 0.25) is 0 Å². The first-order chi connectivity index (χ1) is 13.4. The maximum absolute atomic E-state index is 12.8. The number of hydrogen-bond acceptors (Lipinski definition) is 7. The number of rotatable bonds is 5. The number of fused-ring (bicyclic) bond motifs is 1. The molecule has 1 atom stereocenters. The van der Waals surface area contributed by atoms with E-state index < -0.39 is 35.3 Å². The van der Waals surface area contributed by atoms with E-state index >= 15 is 0 Å². The van der Waals surface area contributed by atoms with E-state index in [4.69, 9.17) is 5.84 Å². The molecular weight excluding hydrogens is 531 g/mol. The van der Waals surface area contributed by atoms with Crippen LogP contribution in [0.4, 0.5) is 5.69 Å². The van der Waals surface area contributed by atoms with Crippen LogP contribution in [0, 0.1) is 0 Å². The zero-order valence-corrected chi connectivity index (χ0v) is 18.9. The summed E-state index contributed by atoms with van der Waals surface area (Å²) < 4.78 is 48.8. The summed E-state index contributed by atoms with van der Waals surface area (Å²) in [5, 5.41) is 10.6. The SMILES string of the molecule is CS(=O)(=O)c1ccccc1N(N)C1=C(C(I)C(=O)O)CS(=O)(=O)c2ccccc21. The number of aliphatic carboxylic acids is 1. The maximum atomic E-state index is 12.8. The average Bonchev–Trinajstić information content (AvgIpc) is 2.66.